The molecule has 2 rings (SSSR count). The van der Waals surface area contributed by atoms with Gasteiger partial charge < -0.3 is 4.90 Å². The van der Waals surface area contributed by atoms with E-state index in [-0.39, 0.29) is 5.82 Å². The molecule has 0 aliphatic carbocycles. The minimum atomic E-state index is -0.254. The van der Waals surface area contributed by atoms with Crippen molar-refractivity contribution in [3.8, 4) is 0 Å². The predicted octanol–water partition coefficient (Wildman–Crippen LogP) is 2.83. The molecule has 124 valence electrons. The van der Waals surface area contributed by atoms with Gasteiger partial charge in [0.15, 0.2) is 0 Å². The van der Waals surface area contributed by atoms with Crippen LogP contribution in [0.4, 0.5) is 4.39 Å². The summed E-state index contributed by atoms with van der Waals surface area (Å²) in [6, 6.07) is 6.28. The first-order valence-corrected chi connectivity index (χ1v) is 8.00. The van der Waals surface area contributed by atoms with Crippen LogP contribution in [0, 0.1) is 11.7 Å². The lowest BCUT2D eigenvalue weighted by Crippen LogP contribution is -2.37. The van der Waals surface area contributed by atoms with Crippen LogP contribution in [0.15, 0.2) is 40.5 Å². The third kappa shape index (κ3) is 6.04. The maximum Gasteiger partial charge on any atom is 0.123 e. The van der Waals surface area contributed by atoms with Gasteiger partial charge in [-0.25, -0.2) is 4.39 Å². The van der Waals surface area contributed by atoms with E-state index in [1.54, 1.807) is 24.5 Å². The largest absolute Gasteiger partial charge is 0.306 e. The number of rotatable bonds is 7. The fourth-order valence-corrected chi connectivity index (χ4v) is 2.84. The van der Waals surface area contributed by atoms with Gasteiger partial charge in [0, 0.05) is 31.1 Å². The first kappa shape index (κ1) is 17.5. The number of hydrogen-bond donors (Lipinski definition) is 1. The van der Waals surface area contributed by atoms with Crippen LogP contribution in [0.5, 0.6) is 0 Å². The Labute approximate surface area is 137 Å². The van der Waals surface area contributed by atoms with Gasteiger partial charge >= 0.3 is 0 Å². The Morgan fingerprint density at radius 3 is 2.91 bits per heavy atom. The zero-order chi connectivity index (χ0) is 16.5. The van der Waals surface area contributed by atoms with Gasteiger partial charge in [-0.2, -0.15) is 0 Å². The topological polar surface area (TPSA) is 40.0 Å². The number of piperidine rings is 1. The van der Waals surface area contributed by atoms with Gasteiger partial charge in [-0.3, -0.25) is 15.3 Å². The number of benzene rings is 1. The molecule has 1 aliphatic heterocycles. The molecule has 0 bridgehead atoms. The molecule has 0 radical (unpaired) electrons. The van der Waals surface area contributed by atoms with Crippen molar-refractivity contribution in [2.45, 2.75) is 12.8 Å². The second-order valence-electron chi connectivity index (χ2n) is 5.97. The first-order valence-electron chi connectivity index (χ1n) is 8.00. The third-order valence-electron chi connectivity index (χ3n) is 4.00. The number of halogens is 1. The number of nitrogens with zero attached hydrogens (tertiary/aromatic N) is 3. The Morgan fingerprint density at radius 1 is 1.43 bits per heavy atom. The van der Waals surface area contributed by atoms with Crippen molar-refractivity contribution >= 4 is 18.5 Å². The normalized spacial score (nSPS) is 20.1. The highest BCUT2D eigenvalue weighted by atomic mass is 19.1. The van der Waals surface area contributed by atoms with E-state index in [2.05, 4.69) is 34.0 Å². The SMILES string of the molecule is C=N/C=C(\C=NCNCC1CCCN(C)C1)c1ccc(F)cc1. The summed E-state index contributed by atoms with van der Waals surface area (Å²) < 4.78 is 13.0. The van der Waals surface area contributed by atoms with Gasteiger partial charge in [0.2, 0.25) is 0 Å². The number of nitrogens with one attached hydrogen (secondary N) is 1. The molecule has 1 N–H and O–H groups in total. The van der Waals surface area contributed by atoms with Crippen molar-refractivity contribution in [1.29, 1.82) is 0 Å². The zero-order valence-corrected chi connectivity index (χ0v) is 13.7. The average Bonchev–Trinajstić information content (AvgIpc) is 2.54. The fourth-order valence-electron chi connectivity index (χ4n) is 2.84. The van der Waals surface area contributed by atoms with Crippen molar-refractivity contribution < 1.29 is 4.39 Å². The van der Waals surface area contributed by atoms with Crippen LogP contribution >= 0.6 is 0 Å². The van der Waals surface area contributed by atoms with Crippen molar-refractivity contribution in [2.75, 3.05) is 33.4 Å². The molecule has 1 aromatic rings. The molecule has 1 unspecified atom stereocenters. The molecule has 1 saturated heterocycles. The van der Waals surface area contributed by atoms with Crippen molar-refractivity contribution in [3.05, 3.63) is 41.8 Å². The smallest absolute Gasteiger partial charge is 0.123 e. The molecule has 5 heteroatoms. The van der Waals surface area contributed by atoms with Crippen LogP contribution < -0.4 is 5.32 Å². The molecule has 0 saturated carbocycles. The van der Waals surface area contributed by atoms with E-state index in [1.807, 2.05) is 0 Å². The van der Waals surface area contributed by atoms with E-state index in [4.69, 9.17) is 0 Å². The quantitative estimate of drug-likeness (QED) is 0.621. The molecule has 0 aromatic heterocycles. The summed E-state index contributed by atoms with van der Waals surface area (Å²) in [6.45, 7) is 7.38. The maximum atomic E-state index is 13.0. The molecule has 1 aromatic carbocycles. The molecule has 1 aliphatic rings. The predicted molar refractivity (Wildman–Crippen MR) is 95.5 cm³/mol. The Balaban J connectivity index is 1.81. The summed E-state index contributed by atoms with van der Waals surface area (Å²) in [5, 5.41) is 3.38. The lowest BCUT2D eigenvalue weighted by atomic mass is 9.99. The fraction of sp³-hybridized carbons (Fsp3) is 0.444. The summed E-state index contributed by atoms with van der Waals surface area (Å²) in [5.41, 5.74) is 1.69. The molecule has 0 amide bonds. The summed E-state index contributed by atoms with van der Waals surface area (Å²) in [5.74, 6) is 0.446. The lowest BCUT2D eigenvalue weighted by molar-refractivity contribution is 0.207. The monoisotopic (exact) mass is 316 g/mol. The molecule has 4 nitrogen and oxygen atoms in total. The van der Waals surface area contributed by atoms with Crippen molar-refractivity contribution in [1.82, 2.24) is 10.2 Å². The van der Waals surface area contributed by atoms with E-state index in [9.17, 15) is 4.39 Å². The Hall–Kier alpha value is -1.85. The van der Waals surface area contributed by atoms with E-state index >= 15 is 0 Å². The van der Waals surface area contributed by atoms with E-state index < -0.39 is 0 Å². The first-order chi connectivity index (χ1) is 11.2. The van der Waals surface area contributed by atoms with Crippen LogP contribution in [-0.4, -0.2) is 51.2 Å². The minimum absolute atomic E-state index is 0.254. The Kier molecular flexibility index (Phi) is 7.10. The van der Waals surface area contributed by atoms with Gasteiger partial charge in [-0.1, -0.05) is 12.1 Å². The lowest BCUT2D eigenvalue weighted by Gasteiger charge is -2.29. The van der Waals surface area contributed by atoms with Crippen LogP contribution in [0.2, 0.25) is 0 Å². The van der Waals surface area contributed by atoms with Gasteiger partial charge in [0.05, 0.1) is 6.67 Å². The second kappa shape index (κ2) is 9.33. The van der Waals surface area contributed by atoms with E-state index in [0.717, 1.165) is 24.2 Å². The number of aliphatic imine (C=N–C) groups is 2. The summed E-state index contributed by atoms with van der Waals surface area (Å²) in [6.07, 6.45) is 5.94. The highest BCUT2D eigenvalue weighted by Crippen LogP contribution is 2.14. The number of allylic oxidation sites excluding steroid dienone is 1. The van der Waals surface area contributed by atoms with Crippen LogP contribution in [0.25, 0.3) is 5.57 Å². The summed E-state index contributed by atoms with van der Waals surface area (Å²) in [4.78, 5) is 10.6. The average molecular weight is 316 g/mol. The van der Waals surface area contributed by atoms with Crippen LogP contribution in [-0.2, 0) is 0 Å². The molecule has 23 heavy (non-hydrogen) atoms. The molecule has 0 spiro atoms. The zero-order valence-electron chi connectivity index (χ0n) is 13.7. The van der Waals surface area contributed by atoms with Crippen molar-refractivity contribution in [3.63, 3.8) is 0 Å². The van der Waals surface area contributed by atoms with Gasteiger partial charge in [-0.15, -0.1) is 0 Å². The second-order valence-corrected chi connectivity index (χ2v) is 5.97. The van der Waals surface area contributed by atoms with Gasteiger partial charge in [0.1, 0.15) is 5.82 Å². The van der Waals surface area contributed by atoms with Gasteiger partial charge in [-0.05, 0) is 56.8 Å². The molecule has 1 atom stereocenters. The summed E-state index contributed by atoms with van der Waals surface area (Å²) >= 11 is 0. The maximum absolute atomic E-state index is 13.0. The highest BCUT2D eigenvalue weighted by molar-refractivity contribution is 6.09. The Bertz CT molecular complexity index is 551. The highest BCUT2D eigenvalue weighted by Gasteiger charge is 2.16. The van der Waals surface area contributed by atoms with Crippen molar-refractivity contribution in [2.24, 2.45) is 15.9 Å². The summed E-state index contributed by atoms with van der Waals surface area (Å²) in [7, 11) is 2.17. The molecule has 1 heterocycles. The van der Waals surface area contributed by atoms with E-state index in [1.165, 1.54) is 31.5 Å². The number of likely N-dealkylation sites (tertiary alicyclic amines) is 1. The van der Waals surface area contributed by atoms with Crippen LogP contribution in [0.3, 0.4) is 0 Å². The standard InChI is InChI=1S/C18H25FN4/c1-20-11-17(16-5-7-18(19)8-6-16)12-22-14-21-10-15-4-3-9-23(2)13-15/h5-8,11-12,15,21H,1,3-4,9-10,13-14H2,2H3/b17-11+,22-12?. The molecule has 1 fully saturated rings. The molecular weight excluding hydrogens is 291 g/mol. The van der Waals surface area contributed by atoms with E-state index in [0.29, 0.717) is 12.6 Å². The van der Waals surface area contributed by atoms with Crippen LogP contribution in [0.1, 0.15) is 18.4 Å². The Morgan fingerprint density at radius 2 is 2.22 bits per heavy atom. The number of hydrogen-bond acceptors (Lipinski definition) is 4. The third-order valence-corrected chi connectivity index (χ3v) is 4.00. The minimum Gasteiger partial charge on any atom is -0.306 e. The van der Waals surface area contributed by atoms with Gasteiger partial charge in [0.25, 0.3) is 0 Å². The molecular formula is C18H25FN4.